The molecule has 0 aliphatic carbocycles. The third-order valence-electron chi connectivity index (χ3n) is 2.35. The second kappa shape index (κ2) is 8.24. The molecule has 0 aliphatic heterocycles. The zero-order valence-corrected chi connectivity index (χ0v) is 13.3. The maximum atomic E-state index is 12.0. The molecule has 9 nitrogen and oxygen atoms in total. The van der Waals surface area contributed by atoms with Crippen LogP contribution in [-0.4, -0.2) is 53.9 Å². The van der Waals surface area contributed by atoms with E-state index >= 15 is 0 Å². The van der Waals surface area contributed by atoms with Gasteiger partial charge in [-0.15, -0.1) is 0 Å². The number of anilines is 1. The molecule has 1 heterocycles. The van der Waals surface area contributed by atoms with Crippen LogP contribution in [0.4, 0.5) is 10.7 Å². The molecule has 0 unspecified atom stereocenters. The summed E-state index contributed by atoms with van der Waals surface area (Å²) in [7, 11) is -0.756. The molecule has 0 aromatic carbocycles. The lowest BCUT2D eigenvalue weighted by Gasteiger charge is -2.05. The molecular formula is C10H17N3O6S2. The van der Waals surface area contributed by atoms with Crippen molar-refractivity contribution in [2.75, 3.05) is 45.8 Å². The number of ether oxygens (including phenoxy) is 2. The van der Waals surface area contributed by atoms with Crippen LogP contribution in [0.15, 0.2) is 10.3 Å². The Labute approximate surface area is 126 Å². The van der Waals surface area contributed by atoms with Gasteiger partial charge in [-0.2, -0.15) is 0 Å². The Morgan fingerprint density at radius 3 is 2.62 bits per heavy atom. The van der Waals surface area contributed by atoms with Crippen molar-refractivity contribution in [3.8, 4) is 0 Å². The number of hydrogen-bond donors (Lipinski definition) is 2. The van der Waals surface area contributed by atoms with Crippen LogP contribution >= 0.6 is 11.3 Å². The first kappa shape index (κ1) is 17.8. The molecule has 0 radical (unpaired) electrons. The van der Waals surface area contributed by atoms with Gasteiger partial charge in [0.15, 0.2) is 5.00 Å². The molecule has 0 spiro atoms. The molecule has 11 heteroatoms. The van der Waals surface area contributed by atoms with Gasteiger partial charge in [0, 0.05) is 26.8 Å². The van der Waals surface area contributed by atoms with Crippen LogP contribution in [0.2, 0.25) is 0 Å². The second-order valence-electron chi connectivity index (χ2n) is 3.79. The molecule has 1 aromatic rings. The summed E-state index contributed by atoms with van der Waals surface area (Å²) in [5, 5.41) is 13.6. The summed E-state index contributed by atoms with van der Waals surface area (Å²) in [6.07, 6.45) is 0. The molecule has 0 aliphatic rings. The highest BCUT2D eigenvalue weighted by molar-refractivity contribution is 7.91. The number of methoxy groups -OCH3 is 1. The lowest BCUT2D eigenvalue weighted by Crippen LogP contribution is -2.27. The number of nitrogens with zero attached hydrogens (tertiary/aromatic N) is 1. The van der Waals surface area contributed by atoms with Crippen molar-refractivity contribution >= 4 is 32.0 Å². The number of sulfonamides is 1. The first-order valence-electron chi connectivity index (χ1n) is 5.94. The van der Waals surface area contributed by atoms with Gasteiger partial charge >= 0.3 is 5.69 Å². The third kappa shape index (κ3) is 5.21. The largest absolute Gasteiger partial charge is 0.382 e. The van der Waals surface area contributed by atoms with Crippen molar-refractivity contribution in [3.63, 3.8) is 0 Å². The summed E-state index contributed by atoms with van der Waals surface area (Å²) in [6, 6.07) is 1.03. The topological polar surface area (TPSA) is 120 Å². The fraction of sp³-hybridized carbons (Fsp3) is 0.600. The molecular weight excluding hydrogens is 322 g/mol. The fourth-order valence-corrected chi connectivity index (χ4v) is 3.71. The minimum absolute atomic E-state index is 0.0760. The quantitative estimate of drug-likeness (QED) is 0.364. The van der Waals surface area contributed by atoms with Gasteiger partial charge in [-0.25, -0.2) is 13.1 Å². The molecule has 0 amide bonds. The lowest BCUT2D eigenvalue weighted by atomic mass is 10.5. The predicted molar refractivity (Wildman–Crippen MR) is 78.4 cm³/mol. The van der Waals surface area contributed by atoms with Crippen LogP contribution in [0, 0.1) is 10.1 Å². The molecule has 0 atom stereocenters. The van der Waals surface area contributed by atoms with E-state index in [4.69, 9.17) is 9.47 Å². The molecule has 0 saturated heterocycles. The summed E-state index contributed by atoms with van der Waals surface area (Å²) in [5.74, 6) is 0. The number of hydrogen-bond acceptors (Lipinski definition) is 8. The van der Waals surface area contributed by atoms with E-state index in [1.807, 2.05) is 0 Å². The molecule has 0 saturated carbocycles. The van der Waals surface area contributed by atoms with E-state index in [1.165, 1.54) is 14.2 Å². The number of rotatable bonds is 10. The van der Waals surface area contributed by atoms with Gasteiger partial charge in [0.2, 0.25) is 10.0 Å². The van der Waals surface area contributed by atoms with Crippen LogP contribution in [0.25, 0.3) is 0 Å². The first-order chi connectivity index (χ1) is 9.92. The van der Waals surface area contributed by atoms with E-state index < -0.39 is 14.9 Å². The Hall–Kier alpha value is -1.27. The second-order valence-corrected chi connectivity index (χ2v) is 6.84. The van der Waals surface area contributed by atoms with Crippen LogP contribution < -0.4 is 10.0 Å². The van der Waals surface area contributed by atoms with Crippen molar-refractivity contribution in [1.29, 1.82) is 0 Å². The van der Waals surface area contributed by atoms with Gasteiger partial charge in [0.1, 0.15) is 4.21 Å². The summed E-state index contributed by atoms with van der Waals surface area (Å²) in [6.45, 7) is 1.06. The van der Waals surface area contributed by atoms with Gasteiger partial charge in [-0.3, -0.25) is 10.1 Å². The van der Waals surface area contributed by atoms with Gasteiger partial charge in [0.05, 0.1) is 24.7 Å². The number of thiophene rings is 1. The maximum absolute atomic E-state index is 12.0. The predicted octanol–water partition coefficient (Wildman–Crippen LogP) is 0.639. The monoisotopic (exact) mass is 339 g/mol. The Bertz CT molecular complexity index is 571. The zero-order chi connectivity index (χ0) is 15.9. The average Bonchev–Trinajstić information content (AvgIpc) is 2.88. The standard InChI is InChI=1S/C10H17N3O6S2/c1-11-10-8(13(14)15)7-9(20-10)21(16,17)12-3-4-19-6-5-18-2/h7,11-12H,3-6H2,1-2H3. The van der Waals surface area contributed by atoms with E-state index in [-0.39, 0.29) is 28.0 Å². The van der Waals surface area contributed by atoms with Gasteiger partial charge in [-0.1, -0.05) is 11.3 Å². The van der Waals surface area contributed by atoms with Crippen molar-refractivity contribution < 1.29 is 22.8 Å². The Kier molecular flexibility index (Phi) is 6.98. The minimum Gasteiger partial charge on any atom is -0.382 e. The summed E-state index contributed by atoms with van der Waals surface area (Å²) >= 11 is 0.803. The van der Waals surface area contributed by atoms with E-state index in [9.17, 15) is 18.5 Å². The Morgan fingerprint density at radius 2 is 2.10 bits per heavy atom. The molecule has 2 N–H and O–H groups in total. The Balaban J connectivity index is 2.64. The molecule has 0 fully saturated rings. The minimum atomic E-state index is -3.79. The van der Waals surface area contributed by atoms with E-state index in [0.29, 0.717) is 13.2 Å². The molecule has 1 aromatic heterocycles. The van der Waals surface area contributed by atoms with E-state index in [2.05, 4.69) is 10.0 Å². The normalized spacial score (nSPS) is 11.5. The Morgan fingerprint density at radius 1 is 1.38 bits per heavy atom. The van der Waals surface area contributed by atoms with Crippen molar-refractivity contribution in [3.05, 3.63) is 16.2 Å². The zero-order valence-electron chi connectivity index (χ0n) is 11.6. The van der Waals surface area contributed by atoms with Crippen LogP contribution in [0.1, 0.15) is 0 Å². The first-order valence-corrected chi connectivity index (χ1v) is 8.24. The van der Waals surface area contributed by atoms with Gasteiger partial charge < -0.3 is 14.8 Å². The van der Waals surface area contributed by atoms with E-state index in [1.54, 1.807) is 0 Å². The highest BCUT2D eigenvalue weighted by Crippen LogP contribution is 2.36. The van der Waals surface area contributed by atoms with Crippen molar-refractivity contribution in [2.45, 2.75) is 4.21 Å². The lowest BCUT2D eigenvalue weighted by molar-refractivity contribution is -0.383. The molecule has 21 heavy (non-hydrogen) atoms. The average molecular weight is 339 g/mol. The van der Waals surface area contributed by atoms with Crippen molar-refractivity contribution in [1.82, 2.24) is 4.72 Å². The maximum Gasteiger partial charge on any atom is 0.304 e. The highest BCUT2D eigenvalue weighted by Gasteiger charge is 2.25. The summed E-state index contributed by atoms with van der Waals surface area (Å²) in [4.78, 5) is 10.2. The molecule has 120 valence electrons. The fourth-order valence-electron chi connectivity index (χ4n) is 1.37. The SMILES string of the molecule is CNc1sc(S(=O)(=O)NCCOCCOC)cc1[N+](=O)[O-]. The summed E-state index contributed by atoms with van der Waals surface area (Å²) < 4.78 is 36.1. The smallest absolute Gasteiger partial charge is 0.304 e. The highest BCUT2D eigenvalue weighted by atomic mass is 32.2. The van der Waals surface area contributed by atoms with Gasteiger partial charge in [-0.05, 0) is 0 Å². The van der Waals surface area contributed by atoms with E-state index in [0.717, 1.165) is 17.4 Å². The van der Waals surface area contributed by atoms with Gasteiger partial charge in [0.25, 0.3) is 0 Å². The third-order valence-corrected chi connectivity index (χ3v) is 5.43. The van der Waals surface area contributed by atoms with Crippen molar-refractivity contribution in [2.24, 2.45) is 0 Å². The summed E-state index contributed by atoms with van der Waals surface area (Å²) in [5.41, 5.74) is -0.265. The number of nitro groups is 1. The number of nitrogens with one attached hydrogen (secondary N) is 2. The van der Waals surface area contributed by atoms with Crippen LogP contribution in [-0.2, 0) is 19.5 Å². The molecule has 1 rings (SSSR count). The molecule has 0 bridgehead atoms. The van der Waals surface area contributed by atoms with Crippen LogP contribution in [0.3, 0.4) is 0 Å². The van der Waals surface area contributed by atoms with Crippen LogP contribution in [0.5, 0.6) is 0 Å².